The Hall–Kier alpha value is -0.750. The van der Waals surface area contributed by atoms with Gasteiger partial charge in [-0.05, 0) is 0 Å². The standard InChI is InChI=1S/C5H8N2O3S/c6-4(8)3-7-1-2-10-5(9)11-7/h1-3H2,(H2,6,8). The Bertz CT molecular complexity index is 183. The molecule has 2 N–H and O–H groups in total. The molecular weight excluding hydrogens is 168 g/mol. The summed E-state index contributed by atoms with van der Waals surface area (Å²) < 4.78 is 6.20. The van der Waals surface area contributed by atoms with Crippen molar-refractivity contribution in [1.29, 1.82) is 0 Å². The van der Waals surface area contributed by atoms with Gasteiger partial charge in [0, 0.05) is 18.5 Å². The average Bonchev–Trinajstić information content (AvgIpc) is 1.85. The molecule has 1 fully saturated rings. The highest BCUT2D eigenvalue weighted by Gasteiger charge is 2.19. The number of ether oxygens (including phenoxy) is 1. The first kappa shape index (κ1) is 8.35. The fourth-order valence-corrected chi connectivity index (χ4v) is 1.40. The first-order valence-corrected chi connectivity index (χ1v) is 3.84. The Morgan fingerprint density at radius 1 is 1.82 bits per heavy atom. The largest absolute Gasteiger partial charge is 0.455 e. The molecule has 1 aliphatic rings. The highest BCUT2D eigenvalue weighted by atomic mass is 32.2. The number of cyclic esters (lactones) is 1. The predicted octanol–water partition coefficient (Wildman–Crippen LogP) is -0.428. The first-order chi connectivity index (χ1) is 5.18. The van der Waals surface area contributed by atoms with Crippen LogP contribution in [0.4, 0.5) is 4.79 Å². The highest BCUT2D eigenvalue weighted by Crippen LogP contribution is 2.16. The summed E-state index contributed by atoms with van der Waals surface area (Å²) in [6, 6.07) is 0. The Morgan fingerprint density at radius 2 is 2.55 bits per heavy atom. The maximum atomic E-state index is 10.6. The number of amides is 1. The van der Waals surface area contributed by atoms with E-state index in [0.29, 0.717) is 13.2 Å². The normalized spacial score (nSPS) is 19.5. The lowest BCUT2D eigenvalue weighted by Gasteiger charge is -2.22. The van der Waals surface area contributed by atoms with Crippen LogP contribution < -0.4 is 5.73 Å². The van der Waals surface area contributed by atoms with Crippen LogP contribution in [-0.4, -0.2) is 35.2 Å². The van der Waals surface area contributed by atoms with Crippen LogP contribution >= 0.6 is 11.9 Å². The van der Waals surface area contributed by atoms with Gasteiger partial charge in [-0.2, -0.15) is 0 Å². The third-order valence-corrected chi connectivity index (χ3v) is 1.93. The maximum Gasteiger partial charge on any atom is 0.382 e. The minimum Gasteiger partial charge on any atom is -0.455 e. The Balaban J connectivity index is 2.34. The number of nitrogens with zero attached hydrogens (tertiary/aromatic N) is 1. The van der Waals surface area contributed by atoms with E-state index in [-0.39, 0.29) is 11.8 Å². The molecule has 0 bridgehead atoms. The van der Waals surface area contributed by atoms with Crippen LogP contribution in [0.25, 0.3) is 0 Å². The summed E-state index contributed by atoms with van der Waals surface area (Å²) >= 11 is 0.886. The quantitative estimate of drug-likeness (QED) is 0.456. The van der Waals surface area contributed by atoms with E-state index < -0.39 is 5.91 Å². The van der Waals surface area contributed by atoms with Crippen LogP contribution in [-0.2, 0) is 9.53 Å². The van der Waals surface area contributed by atoms with Gasteiger partial charge in [0.15, 0.2) is 0 Å². The van der Waals surface area contributed by atoms with Gasteiger partial charge in [0.05, 0.1) is 6.54 Å². The number of carbonyl (C=O) groups excluding carboxylic acids is 2. The highest BCUT2D eigenvalue weighted by molar-refractivity contribution is 8.11. The van der Waals surface area contributed by atoms with E-state index in [9.17, 15) is 9.59 Å². The molecule has 0 unspecified atom stereocenters. The average molecular weight is 176 g/mol. The maximum absolute atomic E-state index is 10.6. The number of primary amides is 1. The van der Waals surface area contributed by atoms with Crippen molar-refractivity contribution in [3.63, 3.8) is 0 Å². The Morgan fingerprint density at radius 3 is 3.09 bits per heavy atom. The monoisotopic (exact) mass is 176 g/mol. The molecule has 1 heterocycles. The van der Waals surface area contributed by atoms with Crippen LogP contribution in [0.1, 0.15) is 0 Å². The van der Waals surface area contributed by atoms with E-state index in [1.807, 2.05) is 0 Å². The topological polar surface area (TPSA) is 72.6 Å². The molecule has 0 aliphatic carbocycles. The summed E-state index contributed by atoms with van der Waals surface area (Å²) in [6.07, 6.45) is 0. The molecule has 6 heteroatoms. The van der Waals surface area contributed by atoms with Crippen molar-refractivity contribution in [2.75, 3.05) is 19.7 Å². The van der Waals surface area contributed by atoms with Gasteiger partial charge in [0.25, 0.3) is 0 Å². The molecule has 5 nitrogen and oxygen atoms in total. The molecule has 0 aromatic rings. The van der Waals surface area contributed by atoms with Gasteiger partial charge in [-0.25, -0.2) is 9.10 Å². The van der Waals surface area contributed by atoms with Crippen LogP contribution in [0.3, 0.4) is 0 Å². The van der Waals surface area contributed by atoms with E-state index in [0.717, 1.165) is 11.9 Å². The van der Waals surface area contributed by atoms with Gasteiger partial charge in [-0.3, -0.25) is 4.79 Å². The molecule has 0 radical (unpaired) electrons. The van der Waals surface area contributed by atoms with Crippen LogP contribution in [0.15, 0.2) is 0 Å². The molecule has 0 aromatic carbocycles. The molecule has 0 spiro atoms. The summed E-state index contributed by atoms with van der Waals surface area (Å²) in [5.41, 5.74) is 4.92. The smallest absolute Gasteiger partial charge is 0.382 e. The number of rotatable bonds is 2. The van der Waals surface area contributed by atoms with Crippen molar-refractivity contribution in [2.45, 2.75) is 0 Å². The molecule has 1 saturated heterocycles. The first-order valence-electron chi connectivity index (χ1n) is 3.06. The van der Waals surface area contributed by atoms with Crippen molar-refractivity contribution in [2.24, 2.45) is 5.73 Å². The van der Waals surface area contributed by atoms with Gasteiger partial charge < -0.3 is 10.5 Å². The summed E-state index contributed by atoms with van der Waals surface area (Å²) in [6.45, 7) is 0.984. The zero-order valence-corrected chi connectivity index (χ0v) is 6.60. The minimum absolute atomic E-state index is 0.0970. The van der Waals surface area contributed by atoms with Gasteiger partial charge in [-0.15, -0.1) is 0 Å². The number of carbonyl (C=O) groups is 2. The second-order valence-electron chi connectivity index (χ2n) is 2.02. The molecule has 0 saturated carbocycles. The van der Waals surface area contributed by atoms with E-state index in [1.165, 1.54) is 0 Å². The number of hydrogen-bond donors (Lipinski definition) is 1. The number of nitrogens with two attached hydrogens (primary N) is 1. The van der Waals surface area contributed by atoms with Gasteiger partial charge >= 0.3 is 5.30 Å². The Labute approximate surface area is 68.0 Å². The third-order valence-electron chi connectivity index (χ3n) is 1.10. The molecule has 11 heavy (non-hydrogen) atoms. The second-order valence-corrected chi connectivity index (χ2v) is 3.05. The van der Waals surface area contributed by atoms with E-state index in [4.69, 9.17) is 5.73 Å². The fraction of sp³-hybridized carbons (Fsp3) is 0.600. The van der Waals surface area contributed by atoms with Crippen molar-refractivity contribution < 1.29 is 14.3 Å². The molecule has 62 valence electrons. The second kappa shape index (κ2) is 3.59. The molecule has 0 aromatic heterocycles. The van der Waals surface area contributed by atoms with Crippen LogP contribution in [0, 0.1) is 0 Å². The molecule has 0 atom stereocenters. The van der Waals surface area contributed by atoms with E-state index >= 15 is 0 Å². The molecule has 1 rings (SSSR count). The van der Waals surface area contributed by atoms with Gasteiger partial charge in [0.1, 0.15) is 6.61 Å². The van der Waals surface area contributed by atoms with Gasteiger partial charge in [-0.1, -0.05) is 0 Å². The lowest BCUT2D eigenvalue weighted by Crippen LogP contribution is -2.35. The Kier molecular flexibility index (Phi) is 2.72. The number of hydrogen-bond acceptors (Lipinski definition) is 5. The summed E-state index contributed by atoms with van der Waals surface area (Å²) in [5.74, 6) is -0.438. The van der Waals surface area contributed by atoms with Crippen molar-refractivity contribution in [3.05, 3.63) is 0 Å². The third kappa shape index (κ3) is 2.77. The molecular formula is C5H8N2O3S. The van der Waals surface area contributed by atoms with Gasteiger partial charge in [0.2, 0.25) is 5.91 Å². The predicted molar refractivity (Wildman–Crippen MR) is 39.7 cm³/mol. The lowest BCUT2D eigenvalue weighted by atomic mass is 10.6. The molecule has 1 amide bonds. The SMILES string of the molecule is NC(=O)CN1CCOC(=O)S1. The summed E-state index contributed by atoms with van der Waals surface area (Å²) in [5, 5.41) is -0.377. The molecule has 1 aliphatic heterocycles. The van der Waals surface area contributed by atoms with Crippen molar-refractivity contribution in [1.82, 2.24) is 4.31 Å². The van der Waals surface area contributed by atoms with E-state index in [1.54, 1.807) is 4.31 Å². The zero-order valence-electron chi connectivity index (χ0n) is 5.78. The minimum atomic E-state index is -0.438. The van der Waals surface area contributed by atoms with E-state index in [2.05, 4.69) is 4.74 Å². The summed E-state index contributed by atoms with van der Waals surface area (Å²) in [7, 11) is 0. The van der Waals surface area contributed by atoms with Crippen molar-refractivity contribution >= 4 is 23.2 Å². The van der Waals surface area contributed by atoms with Crippen LogP contribution in [0.2, 0.25) is 0 Å². The lowest BCUT2D eigenvalue weighted by molar-refractivity contribution is -0.118. The summed E-state index contributed by atoms with van der Waals surface area (Å²) in [4.78, 5) is 21.0. The fourth-order valence-electron chi connectivity index (χ4n) is 0.693. The van der Waals surface area contributed by atoms with Crippen LogP contribution in [0.5, 0.6) is 0 Å². The zero-order chi connectivity index (χ0) is 8.27. The van der Waals surface area contributed by atoms with Crippen molar-refractivity contribution in [3.8, 4) is 0 Å².